The molecule has 1 N–H and O–H groups in total. The Labute approximate surface area is 209 Å². The van der Waals surface area contributed by atoms with Crippen LogP contribution in [0.2, 0.25) is 0 Å². The lowest BCUT2D eigenvalue weighted by Crippen LogP contribution is -2.29. The molecular formula is C26H16N6O5. The van der Waals surface area contributed by atoms with Crippen molar-refractivity contribution in [3.8, 4) is 23.4 Å². The summed E-state index contributed by atoms with van der Waals surface area (Å²) in [5.41, 5.74) is 1.31. The van der Waals surface area contributed by atoms with E-state index in [2.05, 4.69) is 15.4 Å². The van der Waals surface area contributed by atoms with Crippen LogP contribution in [-0.2, 0) is 6.54 Å². The number of pyridine rings is 1. The summed E-state index contributed by atoms with van der Waals surface area (Å²) in [7, 11) is 0. The van der Waals surface area contributed by atoms with Crippen LogP contribution in [-0.4, -0.2) is 44.2 Å². The standard InChI is InChI=1S/C26H16N6O5/c27-11-17-12-29-32(22-3-1-2-8-28-22)23(17)30-24(33)16-5-6-18-19(10-16)26(35)31(25(18)34)13-15-4-7-20-21(9-15)37-14-36-20/h1-10,12H,13-14H2,(H,30,33). The number of ether oxygens (including phenoxy) is 2. The van der Waals surface area contributed by atoms with Gasteiger partial charge in [0.15, 0.2) is 23.1 Å². The van der Waals surface area contributed by atoms with Crippen LogP contribution in [0, 0.1) is 11.3 Å². The monoisotopic (exact) mass is 492 g/mol. The number of benzene rings is 2. The molecule has 0 bridgehead atoms. The number of rotatable bonds is 5. The molecule has 0 atom stereocenters. The summed E-state index contributed by atoms with van der Waals surface area (Å²) in [6, 6.07) is 16.6. The second-order valence-electron chi connectivity index (χ2n) is 8.22. The van der Waals surface area contributed by atoms with Gasteiger partial charge in [0.1, 0.15) is 11.6 Å². The highest BCUT2D eigenvalue weighted by atomic mass is 16.7. The predicted molar refractivity (Wildman–Crippen MR) is 127 cm³/mol. The first-order chi connectivity index (χ1) is 18.0. The number of nitrogens with one attached hydrogen (secondary N) is 1. The molecular weight excluding hydrogens is 476 g/mol. The first kappa shape index (κ1) is 22.0. The van der Waals surface area contributed by atoms with Crippen LogP contribution in [0.15, 0.2) is 67.0 Å². The van der Waals surface area contributed by atoms with Crippen LogP contribution >= 0.6 is 0 Å². The van der Waals surface area contributed by atoms with E-state index in [1.54, 1.807) is 42.6 Å². The maximum Gasteiger partial charge on any atom is 0.261 e. The molecule has 2 aromatic heterocycles. The molecule has 0 radical (unpaired) electrons. The minimum atomic E-state index is -0.577. The van der Waals surface area contributed by atoms with E-state index < -0.39 is 17.7 Å². The molecule has 0 saturated heterocycles. The lowest BCUT2D eigenvalue weighted by Gasteiger charge is -2.14. The van der Waals surface area contributed by atoms with Crippen LogP contribution in [0.1, 0.15) is 42.2 Å². The Morgan fingerprint density at radius 2 is 1.86 bits per heavy atom. The quantitative estimate of drug-likeness (QED) is 0.420. The molecule has 0 aliphatic carbocycles. The fourth-order valence-electron chi connectivity index (χ4n) is 4.18. The second-order valence-corrected chi connectivity index (χ2v) is 8.22. The Balaban J connectivity index is 1.25. The molecule has 2 aliphatic rings. The number of anilines is 1. The van der Waals surface area contributed by atoms with E-state index in [0.717, 1.165) is 4.90 Å². The van der Waals surface area contributed by atoms with Gasteiger partial charge in [0, 0.05) is 11.8 Å². The normalized spacial score (nSPS) is 13.4. The highest BCUT2D eigenvalue weighted by molar-refractivity contribution is 6.22. The van der Waals surface area contributed by atoms with Crippen molar-refractivity contribution in [2.45, 2.75) is 6.54 Å². The number of carbonyl (C=O) groups is 3. The maximum atomic E-state index is 13.1. The van der Waals surface area contributed by atoms with Gasteiger partial charge in [-0.25, -0.2) is 4.98 Å². The molecule has 4 heterocycles. The Bertz CT molecular complexity index is 1640. The number of fused-ring (bicyclic) bond motifs is 2. The first-order valence-electron chi connectivity index (χ1n) is 11.1. The summed E-state index contributed by atoms with van der Waals surface area (Å²) < 4.78 is 12.0. The van der Waals surface area contributed by atoms with Crippen molar-refractivity contribution in [3.63, 3.8) is 0 Å². The minimum Gasteiger partial charge on any atom is -0.454 e. The Morgan fingerprint density at radius 1 is 1.03 bits per heavy atom. The van der Waals surface area contributed by atoms with E-state index in [1.807, 2.05) is 6.07 Å². The zero-order valence-corrected chi connectivity index (χ0v) is 19.0. The lowest BCUT2D eigenvalue weighted by atomic mass is 10.1. The van der Waals surface area contributed by atoms with Gasteiger partial charge in [0.05, 0.1) is 23.9 Å². The van der Waals surface area contributed by atoms with Crippen molar-refractivity contribution in [2.75, 3.05) is 12.1 Å². The third-order valence-corrected chi connectivity index (χ3v) is 6.00. The van der Waals surface area contributed by atoms with E-state index >= 15 is 0 Å². The number of imide groups is 1. The largest absolute Gasteiger partial charge is 0.454 e. The van der Waals surface area contributed by atoms with E-state index in [1.165, 1.54) is 29.1 Å². The van der Waals surface area contributed by atoms with E-state index in [9.17, 15) is 19.6 Å². The van der Waals surface area contributed by atoms with Crippen molar-refractivity contribution in [1.29, 1.82) is 5.26 Å². The van der Waals surface area contributed by atoms with E-state index in [-0.39, 0.29) is 41.4 Å². The van der Waals surface area contributed by atoms with Gasteiger partial charge in [-0.1, -0.05) is 12.1 Å². The Morgan fingerprint density at radius 3 is 2.68 bits per heavy atom. The minimum absolute atomic E-state index is 0.0410. The van der Waals surface area contributed by atoms with Gasteiger partial charge in [-0.2, -0.15) is 15.0 Å². The topological polar surface area (TPSA) is 139 Å². The number of carbonyl (C=O) groups excluding carboxylic acids is 3. The molecule has 2 aromatic carbocycles. The summed E-state index contributed by atoms with van der Waals surface area (Å²) in [4.78, 5) is 44.5. The molecule has 0 unspecified atom stereocenters. The highest BCUT2D eigenvalue weighted by Crippen LogP contribution is 2.34. The van der Waals surface area contributed by atoms with E-state index in [0.29, 0.717) is 22.9 Å². The molecule has 11 nitrogen and oxygen atoms in total. The number of nitriles is 1. The molecule has 37 heavy (non-hydrogen) atoms. The van der Waals surface area contributed by atoms with Crippen molar-refractivity contribution in [3.05, 3.63) is 94.8 Å². The number of nitrogens with zero attached hydrogens (tertiary/aromatic N) is 5. The number of aromatic nitrogens is 3. The molecule has 0 spiro atoms. The maximum absolute atomic E-state index is 13.1. The van der Waals surface area contributed by atoms with Gasteiger partial charge in [0.25, 0.3) is 17.7 Å². The average molecular weight is 492 g/mol. The van der Waals surface area contributed by atoms with Crippen LogP contribution in [0.5, 0.6) is 11.5 Å². The Hall–Kier alpha value is -5.50. The first-order valence-corrected chi connectivity index (χ1v) is 11.1. The van der Waals surface area contributed by atoms with Gasteiger partial charge < -0.3 is 14.8 Å². The van der Waals surface area contributed by atoms with Gasteiger partial charge in [-0.15, -0.1) is 0 Å². The molecule has 4 aromatic rings. The molecule has 180 valence electrons. The van der Waals surface area contributed by atoms with Crippen molar-refractivity contribution in [2.24, 2.45) is 0 Å². The SMILES string of the molecule is N#Cc1cnn(-c2ccccn2)c1NC(=O)c1ccc2c(c1)C(=O)N(Cc1ccc3c(c1)OCO3)C2=O. The third-order valence-electron chi connectivity index (χ3n) is 6.00. The Kier molecular flexibility index (Phi) is 5.12. The van der Waals surface area contributed by atoms with Gasteiger partial charge >= 0.3 is 0 Å². The van der Waals surface area contributed by atoms with E-state index in [4.69, 9.17) is 9.47 Å². The summed E-state index contributed by atoms with van der Waals surface area (Å²) in [6.45, 7) is 0.161. The summed E-state index contributed by atoms with van der Waals surface area (Å²) in [5.74, 6) is 0.159. The van der Waals surface area contributed by atoms with Gasteiger partial charge in [-0.05, 0) is 48.0 Å². The number of hydrogen-bond acceptors (Lipinski definition) is 8. The molecule has 2 aliphatic heterocycles. The third kappa shape index (κ3) is 3.73. The smallest absolute Gasteiger partial charge is 0.261 e. The summed E-state index contributed by atoms with van der Waals surface area (Å²) in [6.07, 6.45) is 2.89. The summed E-state index contributed by atoms with van der Waals surface area (Å²) >= 11 is 0. The molecule has 11 heteroatoms. The van der Waals surface area contributed by atoms with Crippen LogP contribution in [0.3, 0.4) is 0 Å². The molecule has 6 rings (SSSR count). The van der Waals surface area contributed by atoms with Crippen molar-refractivity contribution < 1.29 is 23.9 Å². The van der Waals surface area contributed by atoms with Gasteiger partial charge in [-0.3, -0.25) is 19.3 Å². The lowest BCUT2D eigenvalue weighted by molar-refractivity contribution is 0.0642. The highest BCUT2D eigenvalue weighted by Gasteiger charge is 2.36. The van der Waals surface area contributed by atoms with Crippen molar-refractivity contribution >= 4 is 23.5 Å². The zero-order valence-electron chi connectivity index (χ0n) is 19.0. The fraction of sp³-hybridized carbons (Fsp3) is 0.0769. The fourth-order valence-corrected chi connectivity index (χ4v) is 4.18. The average Bonchev–Trinajstić information content (AvgIpc) is 3.62. The summed E-state index contributed by atoms with van der Waals surface area (Å²) in [5, 5.41) is 16.3. The zero-order chi connectivity index (χ0) is 25.5. The predicted octanol–water partition coefficient (Wildman–Crippen LogP) is 2.92. The van der Waals surface area contributed by atoms with Crippen LogP contribution in [0.4, 0.5) is 5.82 Å². The van der Waals surface area contributed by atoms with Gasteiger partial charge in [0.2, 0.25) is 6.79 Å². The van der Waals surface area contributed by atoms with Crippen LogP contribution < -0.4 is 14.8 Å². The number of amides is 3. The second kappa shape index (κ2) is 8.62. The van der Waals surface area contributed by atoms with Crippen molar-refractivity contribution in [1.82, 2.24) is 19.7 Å². The van der Waals surface area contributed by atoms with Crippen LogP contribution in [0.25, 0.3) is 5.82 Å². The molecule has 0 saturated carbocycles. The molecule has 3 amide bonds. The number of hydrogen-bond donors (Lipinski definition) is 1. The molecule has 0 fully saturated rings.